The van der Waals surface area contributed by atoms with Crippen LogP contribution in [0.3, 0.4) is 0 Å². The lowest BCUT2D eigenvalue weighted by atomic mass is 10.3. The number of rotatable bonds is 4. The molecule has 18 heavy (non-hydrogen) atoms. The molecule has 0 bridgehead atoms. The Morgan fingerprint density at radius 2 is 2.11 bits per heavy atom. The lowest BCUT2D eigenvalue weighted by molar-refractivity contribution is -0.0150. The lowest BCUT2D eigenvalue weighted by Gasteiger charge is -2.23. The van der Waals surface area contributed by atoms with Crippen molar-refractivity contribution in [3.63, 3.8) is 0 Å². The number of ether oxygens (including phenoxy) is 1. The second kappa shape index (κ2) is 7.92. The summed E-state index contributed by atoms with van der Waals surface area (Å²) in [7, 11) is 0. The summed E-state index contributed by atoms with van der Waals surface area (Å²) in [4.78, 5) is 12.7. The van der Waals surface area contributed by atoms with Gasteiger partial charge in [-0.05, 0) is 16.1 Å². The second-order valence-corrected chi connectivity index (χ2v) is 3.78. The van der Waals surface area contributed by atoms with Crippen molar-refractivity contribution < 1.29 is 19.7 Å². The molecule has 0 aliphatic heterocycles. The fourth-order valence-electron chi connectivity index (χ4n) is 1.15. The van der Waals surface area contributed by atoms with Crippen molar-refractivity contribution in [1.29, 1.82) is 0 Å². The average Bonchev–Trinajstić information content (AvgIpc) is 2.40. The van der Waals surface area contributed by atoms with Crippen LogP contribution in [0.25, 0.3) is 0 Å². The van der Waals surface area contributed by atoms with Crippen LogP contribution in [0.5, 0.6) is 5.75 Å². The van der Waals surface area contributed by atoms with Crippen LogP contribution in [0, 0.1) is 9.85 Å². The average molecular weight is 361 g/mol. The van der Waals surface area contributed by atoms with Crippen LogP contribution in [-0.2, 0) is 0 Å². The minimum absolute atomic E-state index is 0.0175. The highest BCUT2D eigenvalue weighted by atomic mass is 127. The normalized spacial score (nSPS) is 11.1. The van der Waals surface area contributed by atoms with Crippen LogP contribution in [-0.4, -0.2) is 40.6 Å². The molecule has 0 aliphatic rings. The van der Waals surface area contributed by atoms with E-state index in [0.29, 0.717) is 5.75 Å². The minimum Gasteiger partial charge on any atom is -0.410 e. The second-order valence-electron chi connectivity index (χ2n) is 3.24. The van der Waals surface area contributed by atoms with Crippen molar-refractivity contribution in [2.75, 3.05) is 13.2 Å². The van der Waals surface area contributed by atoms with Gasteiger partial charge in [-0.15, -0.1) is 0 Å². The van der Waals surface area contributed by atoms with E-state index in [1.54, 1.807) is 30.3 Å². The molecule has 6 heteroatoms. The first kappa shape index (κ1) is 14.8. The van der Waals surface area contributed by atoms with Gasteiger partial charge in [0, 0.05) is 22.6 Å². The highest BCUT2D eigenvalue weighted by molar-refractivity contribution is 14.1. The number of nitrogens with zero attached hydrogens (tertiary/aromatic N) is 1. The van der Waals surface area contributed by atoms with E-state index >= 15 is 0 Å². The summed E-state index contributed by atoms with van der Waals surface area (Å²) in [6.07, 6.45) is -2.10. The van der Waals surface area contributed by atoms with Gasteiger partial charge >= 0.3 is 6.09 Å². The predicted molar refractivity (Wildman–Crippen MR) is 74.1 cm³/mol. The number of hydrogen-bond donors (Lipinski definition) is 2. The number of carbonyl (C=O) groups excluding carboxylic acids is 1. The fourth-order valence-corrected chi connectivity index (χ4v) is 1.32. The standard InChI is InChI=1S/C12H12INO4/c13-7-4-8-14(11(16)9-15)12(17)18-10-5-2-1-3-6-10/h1-3,5-6,11,15-16H,8-9H2. The van der Waals surface area contributed by atoms with Crippen molar-refractivity contribution in [2.45, 2.75) is 6.23 Å². The summed E-state index contributed by atoms with van der Waals surface area (Å²) >= 11 is 1.82. The van der Waals surface area contributed by atoms with E-state index in [1.165, 1.54) is 0 Å². The Bertz CT molecular complexity index is 440. The number of benzene rings is 1. The molecular weight excluding hydrogens is 349 g/mol. The van der Waals surface area contributed by atoms with Crippen LogP contribution >= 0.6 is 22.6 Å². The van der Waals surface area contributed by atoms with E-state index in [-0.39, 0.29) is 6.54 Å². The lowest BCUT2D eigenvalue weighted by Crippen LogP contribution is -2.44. The van der Waals surface area contributed by atoms with Crippen molar-refractivity contribution in [2.24, 2.45) is 0 Å². The summed E-state index contributed by atoms with van der Waals surface area (Å²) in [6, 6.07) is 8.47. The largest absolute Gasteiger partial charge is 0.418 e. The van der Waals surface area contributed by atoms with Crippen LogP contribution in [0.15, 0.2) is 30.3 Å². The molecule has 1 atom stereocenters. The van der Waals surface area contributed by atoms with Gasteiger partial charge in [-0.25, -0.2) is 4.79 Å². The SMILES string of the molecule is O=C(Oc1ccccc1)N(CC#CI)C(O)CO. The van der Waals surface area contributed by atoms with Crippen LogP contribution in [0.1, 0.15) is 0 Å². The maximum Gasteiger partial charge on any atom is 0.418 e. The van der Waals surface area contributed by atoms with Gasteiger partial charge in [0.2, 0.25) is 0 Å². The third-order valence-electron chi connectivity index (χ3n) is 2.02. The molecule has 0 aliphatic carbocycles. The zero-order valence-electron chi connectivity index (χ0n) is 9.41. The number of aliphatic hydroxyl groups is 2. The molecule has 1 aromatic carbocycles. The van der Waals surface area contributed by atoms with E-state index in [4.69, 9.17) is 9.84 Å². The molecule has 0 saturated heterocycles. The van der Waals surface area contributed by atoms with Crippen LogP contribution in [0.2, 0.25) is 0 Å². The molecule has 96 valence electrons. The molecule has 0 spiro atoms. The Kier molecular flexibility index (Phi) is 6.49. The molecular formula is C12H12INO4. The summed E-state index contributed by atoms with van der Waals surface area (Å²) < 4.78 is 7.62. The van der Waals surface area contributed by atoms with Gasteiger partial charge in [0.25, 0.3) is 0 Å². The molecule has 0 aromatic heterocycles. The Morgan fingerprint density at radius 3 is 2.67 bits per heavy atom. The number of aliphatic hydroxyl groups excluding tert-OH is 2. The van der Waals surface area contributed by atoms with Gasteiger partial charge in [0.15, 0.2) is 6.23 Å². The number of hydrogen-bond acceptors (Lipinski definition) is 4. The van der Waals surface area contributed by atoms with Gasteiger partial charge in [-0.3, -0.25) is 4.90 Å². The Balaban J connectivity index is 2.72. The third kappa shape index (κ3) is 4.52. The van der Waals surface area contributed by atoms with E-state index in [9.17, 15) is 9.90 Å². The molecule has 0 saturated carbocycles. The molecule has 2 N–H and O–H groups in total. The minimum atomic E-state index is -1.33. The van der Waals surface area contributed by atoms with Crippen LogP contribution in [0.4, 0.5) is 4.79 Å². The van der Waals surface area contributed by atoms with Gasteiger partial charge in [-0.1, -0.05) is 24.1 Å². The molecule has 0 heterocycles. The Labute approximate surface area is 119 Å². The smallest absolute Gasteiger partial charge is 0.410 e. The van der Waals surface area contributed by atoms with E-state index in [0.717, 1.165) is 4.90 Å². The predicted octanol–water partition coefficient (Wildman–Crippen LogP) is 1.19. The summed E-state index contributed by atoms with van der Waals surface area (Å²) in [5.74, 6) is 2.98. The molecule has 1 aromatic rings. The topological polar surface area (TPSA) is 70.0 Å². The molecule has 1 amide bonds. The Hall–Kier alpha value is -1.30. The summed E-state index contributed by atoms with van der Waals surface area (Å²) in [6.45, 7) is -0.594. The van der Waals surface area contributed by atoms with Crippen molar-refractivity contribution in [1.82, 2.24) is 4.90 Å². The van der Waals surface area contributed by atoms with Crippen LogP contribution < -0.4 is 4.74 Å². The highest BCUT2D eigenvalue weighted by Crippen LogP contribution is 2.11. The maximum atomic E-state index is 11.8. The molecule has 5 nitrogen and oxygen atoms in total. The third-order valence-corrected chi connectivity index (χ3v) is 2.40. The van der Waals surface area contributed by atoms with Gasteiger partial charge in [-0.2, -0.15) is 0 Å². The first-order valence-electron chi connectivity index (χ1n) is 5.10. The number of halogens is 1. The molecule has 1 unspecified atom stereocenters. The molecule has 0 fully saturated rings. The molecule has 1 rings (SSSR count). The number of para-hydroxylation sites is 1. The monoisotopic (exact) mass is 361 g/mol. The van der Waals surface area contributed by atoms with E-state index < -0.39 is 18.9 Å². The Morgan fingerprint density at radius 1 is 1.44 bits per heavy atom. The molecule has 0 radical (unpaired) electrons. The highest BCUT2D eigenvalue weighted by Gasteiger charge is 2.22. The summed E-state index contributed by atoms with van der Waals surface area (Å²) in [5, 5.41) is 18.4. The first-order chi connectivity index (χ1) is 8.69. The van der Waals surface area contributed by atoms with Crippen molar-refractivity contribution in [3.8, 4) is 15.6 Å². The first-order valence-corrected chi connectivity index (χ1v) is 6.18. The number of amides is 1. The van der Waals surface area contributed by atoms with E-state index in [1.807, 2.05) is 22.6 Å². The van der Waals surface area contributed by atoms with Crippen molar-refractivity contribution >= 4 is 28.7 Å². The number of carbonyl (C=O) groups is 1. The maximum absolute atomic E-state index is 11.8. The van der Waals surface area contributed by atoms with Gasteiger partial charge < -0.3 is 14.9 Å². The summed E-state index contributed by atoms with van der Waals surface area (Å²) in [5.41, 5.74) is 0. The van der Waals surface area contributed by atoms with E-state index in [2.05, 4.69) is 9.85 Å². The van der Waals surface area contributed by atoms with Gasteiger partial charge in [0.05, 0.1) is 13.2 Å². The quantitative estimate of drug-likeness (QED) is 0.480. The zero-order chi connectivity index (χ0) is 13.4. The zero-order valence-corrected chi connectivity index (χ0v) is 11.6. The fraction of sp³-hybridized carbons (Fsp3) is 0.250. The van der Waals surface area contributed by atoms with Crippen molar-refractivity contribution in [3.05, 3.63) is 30.3 Å². The van der Waals surface area contributed by atoms with Gasteiger partial charge in [0.1, 0.15) is 5.75 Å².